The highest BCUT2D eigenvalue weighted by atomic mass is 16.6. The van der Waals surface area contributed by atoms with Gasteiger partial charge in [-0.15, -0.1) is 0 Å². The smallest absolute Gasteiger partial charge is 0.310 e. The fraction of sp³-hybridized carbons (Fsp3) is 0.571. The number of hydrogen-bond donors (Lipinski definition) is 0. The van der Waals surface area contributed by atoms with Gasteiger partial charge in [-0.05, 0) is 103 Å². The van der Waals surface area contributed by atoms with Crippen LogP contribution in [-0.2, 0) is 28.6 Å². The second kappa shape index (κ2) is 55.9. The summed E-state index contributed by atoms with van der Waals surface area (Å²) in [5, 5.41) is 0. The molecule has 0 fully saturated rings. The molecule has 0 rings (SSSR count). The van der Waals surface area contributed by atoms with Crippen molar-refractivity contribution in [1.82, 2.24) is 0 Å². The molecular formula is C63H98O6. The van der Waals surface area contributed by atoms with E-state index in [1.165, 1.54) is 38.5 Å². The highest BCUT2D eigenvalue weighted by Crippen LogP contribution is 2.13. The zero-order valence-corrected chi connectivity index (χ0v) is 44.0. The molecule has 0 aliphatic carbocycles. The maximum Gasteiger partial charge on any atom is 0.310 e. The van der Waals surface area contributed by atoms with E-state index >= 15 is 0 Å². The van der Waals surface area contributed by atoms with Crippen molar-refractivity contribution in [2.24, 2.45) is 0 Å². The summed E-state index contributed by atoms with van der Waals surface area (Å²) in [6.45, 7) is 6.26. The molecule has 0 heterocycles. The highest BCUT2D eigenvalue weighted by Gasteiger charge is 2.19. The molecule has 69 heavy (non-hydrogen) atoms. The summed E-state index contributed by atoms with van der Waals surface area (Å²) in [4.78, 5) is 37.9. The molecule has 0 saturated heterocycles. The standard InChI is InChI=1S/C63H98O6/c1-4-7-10-13-16-19-21-23-25-26-27-28-29-30-31-32-33-34-35-36-38-39-41-44-47-50-53-56-62(65)68-59-60(58-67-61(64)55-52-49-46-43-18-15-12-9-6-3)69-63(66)57-54-51-48-45-42-40-37-24-22-20-17-14-11-8-5-2/h7-8,10-11,16-17,19-20,23-25,27-28,30-31,33-34,36-38,42,45,51,54,60H,4-6,9,12-15,18,21-22,26,29,32,35,39-41,43-44,46-50,52-53,55-59H2,1-3H3/b10-7-,11-8-,19-16-,20-17-,25-23-,28-27-,31-30-,34-33-,37-24-,38-36-,45-42-,54-51-. The number of esters is 3. The minimum absolute atomic E-state index is 0.0869. The fourth-order valence-electron chi connectivity index (χ4n) is 6.85. The predicted octanol–water partition coefficient (Wildman–Crippen LogP) is 18.4. The fourth-order valence-corrected chi connectivity index (χ4v) is 6.85. The van der Waals surface area contributed by atoms with Gasteiger partial charge in [0, 0.05) is 12.8 Å². The molecule has 6 nitrogen and oxygen atoms in total. The van der Waals surface area contributed by atoms with Crippen LogP contribution in [0.25, 0.3) is 0 Å². The van der Waals surface area contributed by atoms with E-state index in [9.17, 15) is 14.4 Å². The molecule has 0 aromatic carbocycles. The lowest BCUT2D eigenvalue weighted by atomic mass is 10.1. The van der Waals surface area contributed by atoms with Gasteiger partial charge in [0.15, 0.2) is 6.10 Å². The van der Waals surface area contributed by atoms with Crippen molar-refractivity contribution < 1.29 is 28.6 Å². The average molecular weight is 951 g/mol. The van der Waals surface area contributed by atoms with Crippen LogP contribution < -0.4 is 0 Å². The number of rotatable bonds is 47. The highest BCUT2D eigenvalue weighted by molar-refractivity contribution is 5.72. The lowest BCUT2D eigenvalue weighted by Crippen LogP contribution is -2.30. The zero-order chi connectivity index (χ0) is 50.0. The Labute approximate surface area is 423 Å². The Morgan fingerprint density at radius 1 is 0.319 bits per heavy atom. The normalized spacial score (nSPS) is 13.3. The summed E-state index contributed by atoms with van der Waals surface area (Å²) < 4.78 is 16.6. The molecule has 1 unspecified atom stereocenters. The third-order valence-electron chi connectivity index (χ3n) is 10.9. The molecule has 0 aromatic heterocycles. The zero-order valence-electron chi connectivity index (χ0n) is 44.0. The summed E-state index contributed by atoms with van der Waals surface area (Å²) in [5.74, 6) is -1.09. The van der Waals surface area contributed by atoms with Crippen LogP contribution in [-0.4, -0.2) is 37.2 Å². The monoisotopic (exact) mass is 951 g/mol. The summed E-state index contributed by atoms with van der Waals surface area (Å²) >= 11 is 0. The van der Waals surface area contributed by atoms with Gasteiger partial charge in [-0.2, -0.15) is 0 Å². The molecule has 0 saturated carbocycles. The molecule has 0 aliphatic rings. The van der Waals surface area contributed by atoms with Gasteiger partial charge in [0.1, 0.15) is 13.2 Å². The number of carbonyl (C=O) groups is 3. The number of hydrogen-bond acceptors (Lipinski definition) is 6. The Morgan fingerprint density at radius 3 is 0.957 bits per heavy atom. The Kier molecular flexibility index (Phi) is 52.1. The van der Waals surface area contributed by atoms with Gasteiger partial charge in [-0.25, -0.2) is 0 Å². The second-order valence-electron chi connectivity index (χ2n) is 17.4. The lowest BCUT2D eigenvalue weighted by Gasteiger charge is -2.18. The number of ether oxygens (including phenoxy) is 3. The van der Waals surface area contributed by atoms with E-state index in [0.717, 1.165) is 128 Å². The number of carbonyl (C=O) groups excluding carboxylic acids is 3. The van der Waals surface area contributed by atoms with E-state index in [4.69, 9.17) is 14.2 Å². The third kappa shape index (κ3) is 54.1. The minimum atomic E-state index is -0.844. The van der Waals surface area contributed by atoms with Crippen LogP contribution in [0.1, 0.15) is 213 Å². The van der Waals surface area contributed by atoms with Crippen LogP contribution in [0.5, 0.6) is 0 Å². The van der Waals surface area contributed by atoms with Crippen molar-refractivity contribution in [3.63, 3.8) is 0 Å². The van der Waals surface area contributed by atoms with Gasteiger partial charge < -0.3 is 14.2 Å². The minimum Gasteiger partial charge on any atom is -0.462 e. The SMILES string of the molecule is CC/C=C\C/C=C\C/C=C\C/C=C\C/C=C\C/C=C\C/C=C\CCCCCCCC(=O)OCC(COC(=O)CCCCCCCCCCC)OC(=O)C/C=C\C/C=C\C/C=C\C/C=C\C/C=C\CC. The first kappa shape index (κ1) is 64.3. The molecule has 6 heteroatoms. The molecule has 0 bridgehead atoms. The topological polar surface area (TPSA) is 78.9 Å². The van der Waals surface area contributed by atoms with Crippen molar-refractivity contribution in [3.05, 3.63) is 146 Å². The summed E-state index contributed by atoms with van der Waals surface area (Å²) in [6, 6.07) is 0. The van der Waals surface area contributed by atoms with Gasteiger partial charge in [0.2, 0.25) is 0 Å². The molecule has 0 aromatic rings. The maximum atomic E-state index is 12.7. The molecular weight excluding hydrogens is 853 g/mol. The van der Waals surface area contributed by atoms with Crippen LogP contribution in [0, 0.1) is 0 Å². The third-order valence-corrected chi connectivity index (χ3v) is 10.9. The molecule has 0 radical (unpaired) electrons. The van der Waals surface area contributed by atoms with Gasteiger partial charge in [0.05, 0.1) is 6.42 Å². The number of allylic oxidation sites excluding steroid dienone is 23. The van der Waals surface area contributed by atoms with Crippen molar-refractivity contribution in [3.8, 4) is 0 Å². The Bertz CT molecular complexity index is 1560. The Balaban J connectivity index is 4.41. The summed E-state index contributed by atoms with van der Waals surface area (Å²) in [5.41, 5.74) is 0. The maximum absolute atomic E-state index is 12.7. The lowest BCUT2D eigenvalue weighted by molar-refractivity contribution is -0.166. The quantitative estimate of drug-likeness (QED) is 0.0262. The molecule has 386 valence electrons. The first-order valence-corrected chi connectivity index (χ1v) is 27.3. The van der Waals surface area contributed by atoms with E-state index in [0.29, 0.717) is 19.3 Å². The van der Waals surface area contributed by atoms with E-state index in [1.807, 2.05) is 6.08 Å². The Hall–Kier alpha value is -4.71. The van der Waals surface area contributed by atoms with Gasteiger partial charge in [-0.3, -0.25) is 14.4 Å². The summed E-state index contributed by atoms with van der Waals surface area (Å²) in [7, 11) is 0. The first-order valence-electron chi connectivity index (χ1n) is 27.3. The summed E-state index contributed by atoms with van der Waals surface area (Å²) in [6.07, 6.45) is 80.1. The number of unbranched alkanes of at least 4 members (excludes halogenated alkanes) is 13. The van der Waals surface area contributed by atoms with Crippen LogP contribution in [0.2, 0.25) is 0 Å². The molecule has 0 N–H and O–H groups in total. The van der Waals surface area contributed by atoms with Gasteiger partial charge in [0.25, 0.3) is 0 Å². The van der Waals surface area contributed by atoms with Crippen molar-refractivity contribution in [2.45, 2.75) is 219 Å². The van der Waals surface area contributed by atoms with Crippen LogP contribution in [0.4, 0.5) is 0 Å². The molecule has 0 amide bonds. The predicted molar refractivity (Wildman–Crippen MR) is 297 cm³/mol. The van der Waals surface area contributed by atoms with Gasteiger partial charge >= 0.3 is 17.9 Å². The van der Waals surface area contributed by atoms with Crippen molar-refractivity contribution >= 4 is 17.9 Å². The van der Waals surface area contributed by atoms with E-state index in [-0.39, 0.29) is 31.6 Å². The Morgan fingerprint density at radius 2 is 0.609 bits per heavy atom. The van der Waals surface area contributed by atoms with Crippen molar-refractivity contribution in [1.29, 1.82) is 0 Å². The molecule has 0 aliphatic heterocycles. The van der Waals surface area contributed by atoms with Gasteiger partial charge in [-0.1, -0.05) is 237 Å². The first-order chi connectivity index (χ1) is 34.0. The van der Waals surface area contributed by atoms with Crippen LogP contribution in [0.15, 0.2) is 146 Å². The largest absolute Gasteiger partial charge is 0.462 e. The average Bonchev–Trinajstić information content (AvgIpc) is 3.35. The van der Waals surface area contributed by atoms with Crippen LogP contribution >= 0.6 is 0 Å². The van der Waals surface area contributed by atoms with Crippen molar-refractivity contribution in [2.75, 3.05) is 13.2 Å². The van der Waals surface area contributed by atoms with E-state index in [2.05, 4.69) is 154 Å². The molecule has 1 atom stereocenters. The van der Waals surface area contributed by atoms with Crippen LogP contribution in [0.3, 0.4) is 0 Å². The second-order valence-corrected chi connectivity index (χ2v) is 17.4. The molecule has 0 spiro atoms. The van der Waals surface area contributed by atoms with E-state index in [1.54, 1.807) is 6.08 Å². The van der Waals surface area contributed by atoms with E-state index < -0.39 is 12.1 Å².